The van der Waals surface area contributed by atoms with Gasteiger partial charge in [-0.15, -0.1) is 22.7 Å². The Morgan fingerprint density at radius 1 is 1.40 bits per heavy atom. The zero-order chi connectivity index (χ0) is 14.5. The first kappa shape index (κ1) is 14.8. The molecule has 2 aromatic rings. The van der Waals surface area contributed by atoms with Gasteiger partial charge in [0.15, 0.2) is 0 Å². The Bertz CT molecular complexity index is 654. The second-order valence-electron chi connectivity index (χ2n) is 4.29. The van der Waals surface area contributed by atoms with Crippen molar-refractivity contribution in [2.24, 2.45) is 0 Å². The number of rotatable bonds is 3. The van der Waals surface area contributed by atoms with E-state index in [1.807, 2.05) is 31.4 Å². The largest absolute Gasteiger partial charge is 0.384 e. The molecule has 20 heavy (non-hydrogen) atoms. The van der Waals surface area contributed by atoms with Crippen LogP contribution >= 0.6 is 22.7 Å². The van der Waals surface area contributed by atoms with Crippen molar-refractivity contribution in [3.8, 4) is 11.8 Å². The number of aliphatic hydroxyl groups excluding tert-OH is 1. The third kappa shape index (κ3) is 3.70. The van der Waals surface area contributed by atoms with E-state index in [0.29, 0.717) is 6.54 Å². The van der Waals surface area contributed by atoms with Gasteiger partial charge < -0.3 is 10.4 Å². The van der Waals surface area contributed by atoms with Crippen molar-refractivity contribution < 1.29 is 9.90 Å². The van der Waals surface area contributed by atoms with Crippen molar-refractivity contribution in [2.45, 2.75) is 20.4 Å². The van der Waals surface area contributed by atoms with Gasteiger partial charge in [-0.3, -0.25) is 4.79 Å². The monoisotopic (exact) mass is 305 g/mol. The normalized spacial score (nSPS) is 9.95. The van der Waals surface area contributed by atoms with Gasteiger partial charge in [-0.25, -0.2) is 0 Å². The second kappa shape index (κ2) is 6.71. The van der Waals surface area contributed by atoms with Crippen molar-refractivity contribution in [1.29, 1.82) is 0 Å². The maximum atomic E-state index is 12.0. The molecule has 0 spiro atoms. The molecule has 1 amide bonds. The lowest BCUT2D eigenvalue weighted by atomic mass is 10.3. The number of nitrogens with one attached hydrogen (secondary N) is 1. The highest BCUT2D eigenvalue weighted by Gasteiger charge is 2.10. The number of carbonyl (C=O) groups is 1. The molecular formula is C15H15NO2S2. The summed E-state index contributed by atoms with van der Waals surface area (Å²) >= 11 is 3.07. The Hall–Kier alpha value is -1.61. The Morgan fingerprint density at radius 2 is 2.20 bits per heavy atom. The smallest absolute Gasteiger partial charge is 0.261 e. The van der Waals surface area contributed by atoms with E-state index in [0.717, 1.165) is 20.9 Å². The minimum absolute atomic E-state index is 0.0393. The average molecular weight is 305 g/mol. The molecule has 2 heterocycles. The molecule has 0 aliphatic carbocycles. The quantitative estimate of drug-likeness (QED) is 0.857. The zero-order valence-electron chi connectivity index (χ0n) is 11.3. The molecule has 0 radical (unpaired) electrons. The Kier molecular flexibility index (Phi) is 4.96. The minimum atomic E-state index is -0.140. The highest BCUT2D eigenvalue weighted by Crippen LogP contribution is 2.20. The van der Waals surface area contributed by atoms with Crippen LogP contribution in [0.4, 0.5) is 0 Å². The predicted octanol–water partition coefficient (Wildman–Crippen LogP) is 2.70. The highest BCUT2D eigenvalue weighted by molar-refractivity contribution is 7.14. The van der Waals surface area contributed by atoms with Crippen LogP contribution < -0.4 is 5.32 Å². The summed E-state index contributed by atoms with van der Waals surface area (Å²) in [5, 5.41) is 13.5. The minimum Gasteiger partial charge on any atom is -0.384 e. The zero-order valence-corrected chi connectivity index (χ0v) is 13.0. The molecule has 0 aromatic carbocycles. The van der Waals surface area contributed by atoms with Crippen molar-refractivity contribution in [3.63, 3.8) is 0 Å². The fourth-order valence-electron chi connectivity index (χ4n) is 1.62. The topological polar surface area (TPSA) is 49.3 Å². The third-order valence-electron chi connectivity index (χ3n) is 2.78. The molecule has 104 valence electrons. The van der Waals surface area contributed by atoms with Gasteiger partial charge in [-0.1, -0.05) is 11.8 Å². The van der Waals surface area contributed by atoms with Crippen LogP contribution in [0.3, 0.4) is 0 Å². The van der Waals surface area contributed by atoms with Gasteiger partial charge in [-0.05, 0) is 31.5 Å². The SMILES string of the molecule is Cc1cc(C(=O)NCc2cc(C#CCO)cs2)sc1C. The van der Waals surface area contributed by atoms with E-state index in [9.17, 15) is 4.79 Å². The van der Waals surface area contributed by atoms with E-state index in [4.69, 9.17) is 5.11 Å². The number of amides is 1. The first-order valence-corrected chi connectivity index (χ1v) is 7.82. The molecular weight excluding hydrogens is 290 g/mol. The van der Waals surface area contributed by atoms with E-state index in [-0.39, 0.29) is 12.5 Å². The molecule has 5 heteroatoms. The molecule has 0 atom stereocenters. The summed E-state index contributed by atoms with van der Waals surface area (Å²) in [5.74, 6) is 5.41. The van der Waals surface area contributed by atoms with Crippen molar-refractivity contribution >= 4 is 28.6 Å². The van der Waals surface area contributed by atoms with Crippen LogP contribution in [0, 0.1) is 25.7 Å². The molecule has 0 saturated carbocycles. The third-order valence-corrected chi connectivity index (χ3v) is 4.87. The van der Waals surface area contributed by atoms with Gasteiger partial charge >= 0.3 is 0 Å². The molecule has 0 saturated heterocycles. The van der Waals surface area contributed by atoms with Gasteiger partial charge in [0.25, 0.3) is 5.91 Å². The fourth-order valence-corrected chi connectivity index (χ4v) is 3.33. The van der Waals surface area contributed by atoms with E-state index in [2.05, 4.69) is 17.2 Å². The summed E-state index contributed by atoms with van der Waals surface area (Å²) in [5.41, 5.74) is 2.02. The van der Waals surface area contributed by atoms with E-state index >= 15 is 0 Å². The number of aliphatic hydroxyl groups is 1. The summed E-state index contributed by atoms with van der Waals surface area (Å²) in [6.07, 6.45) is 0. The summed E-state index contributed by atoms with van der Waals surface area (Å²) in [7, 11) is 0. The Balaban J connectivity index is 1.95. The van der Waals surface area contributed by atoms with Crippen LogP contribution in [0.2, 0.25) is 0 Å². The molecule has 0 aliphatic heterocycles. The first-order valence-electron chi connectivity index (χ1n) is 6.12. The fraction of sp³-hybridized carbons (Fsp3) is 0.267. The number of aryl methyl sites for hydroxylation is 2. The van der Waals surface area contributed by atoms with Crippen molar-refractivity contribution in [3.05, 3.63) is 43.3 Å². The number of carbonyl (C=O) groups excluding carboxylic acids is 1. The summed E-state index contributed by atoms with van der Waals surface area (Å²) < 4.78 is 0. The maximum Gasteiger partial charge on any atom is 0.261 e. The van der Waals surface area contributed by atoms with Gasteiger partial charge in [0.2, 0.25) is 0 Å². The molecule has 0 fully saturated rings. The lowest BCUT2D eigenvalue weighted by molar-refractivity contribution is 0.0955. The average Bonchev–Trinajstić information content (AvgIpc) is 3.01. The predicted molar refractivity (Wildman–Crippen MR) is 83.2 cm³/mol. The summed E-state index contributed by atoms with van der Waals surface area (Å²) in [6.45, 7) is 4.38. The number of hydrogen-bond donors (Lipinski definition) is 2. The summed E-state index contributed by atoms with van der Waals surface area (Å²) in [4.78, 5) is 15.0. The lowest BCUT2D eigenvalue weighted by Gasteiger charge is -2.00. The van der Waals surface area contributed by atoms with Crippen molar-refractivity contribution in [1.82, 2.24) is 5.32 Å². The van der Waals surface area contributed by atoms with Crippen molar-refractivity contribution in [2.75, 3.05) is 6.61 Å². The lowest BCUT2D eigenvalue weighted by Crippen LogP contribution is -2.21. The van der Waals surface area contributed by atoms with Crippen LogP contribution in [-0.2, 0) is 6.54 Å². The molecule has 0 aliphatic rings. The van der Waals surface area contributed by atoms with Gasteiger partial charge in [0.1, 0.15) is 6.61 Å². The molecule has 0 unspecified atom stereocenters. The Morgan fingerprint density at radius 3 is 2.85 bits per heavy atom. The maximum absolute atomic E-state index is 12.0. The Labute approximate surface area is 126 Å². The number of thiophene rings is 2. The van der Waals surface area contributed by atoms with Crippen LogP contribution in [0.5, 0.6) is 0 Å². The van der Waals surface area contributed by atoms with E-state index in [1.165, 1.54) is 16.2 Å². The second-order valence-corrected chi connectivity index (χ2v) is 6.55. The molecule has 3 nitrogen and oxygen atoms in total. The molecule has 2 aromatic heterocycles. The van der Waals surface area contributed by atoms with Crippen LogP contribution in [0.15, 0.2) is 17.5 Å². The first-order chi connectivity index (χ1) is 9.60. The highest BCUT2D eigenvalue weighted by atomic mass is 32.1. The van der Waals surface area contributed by atoms with Gasteiger partial charge in [-0.2, -0.15) is 0 Å². The van der Waals surface area contributed by atoms with Gasteiger partial charge in [0.05, 0.1) is 11.4 Å². The van der Waals surface area contributed by atoms with E-state index < -0.39 is 0 Å². The van der Waals surface area contributed by atoms with E-state index in [1.54, 1.807) is 11.3 Å². The molecule has 2 N–H and O–H groups in total. The number of hydrogen-bond acceptors (Lipinski definition) is 4. The van der Waals surface area contributed by atoms with Crippen LogP contribution in [0.25, 0.3) is 0 Å². The van der Waals surface area contributed by atoms with Gasteiger partial charge in [0, 0.05) is 20.7 Å². The summed E-state index contributed by atoms with van der Waals surface area (Å²) in [6, 6.07) is 3.85. The van der Waals surface area contributed by atoms with Crippen LogP contribution in [0.1, 0.15) is 30.6 Å². The standard InChI is InChI=1S/C15H15NO2S2/c1-10-6-14(20-11(10)2)15(18)16-8-13-7-12(9-19-13)4-3-5-17/h6-7,9,17H,5,8H2,1-2H3,(H,16,18). The molecule has 0 bridgehead atoms. The van der Waals surface area contributed by atoms with Crippen LogP contribution in [-0.4, -0.2) is 17.6 Å². The molecule has 2 rings (SSSR count).